The molecule has 1 saturated heterocycles. The minimum atomic E-state index is -0.854. The first-order valence-electron chi connectivity index (χ1n) is 9.43. The third-order valence-corrected chi connectivity index (χ3v) is 6.55. The normalized spacial score (nSPS) is 17.0. The molecule has 2 N–H and O–H groups in total. The molecule has 9 nitrogen and oxygen atoms in total. The van der Waals surface area contributed by atoms with Crippen LogP contribution in [-0.2, 0) is 16.1 Å². The van der Waals surface area contributed by atoms with Gasteiger partial charge in [-0.15, -0.1) is 21.5 Å². The first-order valence-corrected chi connectivity index (χ1v) is 11.3. The second-order valence-electron chi connectivity index (χ2n) is 6.80. The van der Waals surface area contributed by atoms with Gasteiger partial charge in [-0.25, -0.2) is 13.8 Å². The number of thiazole rings is 1. The van der Waals surface area contributed by atoms with Gasteiger partial charge in [0.05, 0.1) is 18.5 Å². The van der Waals surface area contributed by atoms with Crippen LogP contribution in [-0.4, -0.2) is 74.5 Å². The van der Waals surface area contributed by atoms with Gasteiger partial charge < -0.3 is 10.1 Å². The number of nitrogens with one attached hydrogen (secondary N) is 2. The lowest BCUT2D eigenvalue weighted by Gasteiger charge is -2.33. The van der Waals surface area contributed by atoms with Crippen LogP contribution in [0, 0.1) is 11.6 Å². The fourth-order valence-electron chi connectivity index (χ4n) is 3.05. The first kappa shape index (κ1) is 21.7. The van der Waals surface area contributed by atoms with Gasteiger partial charge in [-0.1, -0.05) is 17.8 Å². The third-order valence-electron chi connectivity index (χ3n) is 4.52. The van der Waals surface area contributed by atoms with E-state index in [4.69, 9.17) is 4.74 Å². The van der Waals surface area contributed by atoms with E-state index in [0.717, 1.165) is 10.4 Å². The molecule has 1 aromatic carbocycles. The molecular formula is C18H19F2N7O2S2. The molecule has 1 fully saturated rings. The van der Waals surface area contributed by atoms with E-state index in [1.54, 1.807) is 6.07 Å². The quantitative estimate of drug-likeness (QED) is 0.482. The minimum Gasteiger partial charge on any atom is -0.374 e. The van der Waals surface area contributed by atoms with E-state index in [-0.39, 0.29) is 17.8 Å². The molecule has 2 aromatic heterocycles. The number of hydrogen-bond donors (Lipinski definition) is 2. The fourth-order valence-corrected chi connectivity index (χ4v) is 4.68. The zero-order valence-corrected chi connectivity index (χ0v) is 17.9. The van der Waals surface area contributed by atoms with Crippen LogP contribution in [0.2, 0.25) is 0 Å². The Morgan fingerprint density at radius 1 is 1.39 bits per heavy atom. The molecule has 1 aliphatic rings. The SMILES string of the molecule is O=C(CSc1nc(-c2nn[nH]n2)cs1)NCC1CN(Cc2ccc(F)c(F)c2)CCO1. The number of ether oxygens (including phenoxy) is 1. The number of amides is 1. The molecule has 1 atom stereocenters. The third kappa shape index (κ3) is 6.03. The number of halogens is 2. The average molecular weight is 468 g/mol. The van der Waals surface area contributed by atoms with Gasteiger partial charge in [0.1, 0.15) is 5.69 Å². The Morgan fingerprint density at radius 3 is 3.10 bits per heavy atom. The highest BCUT2D eigenvalue weighted by atomic mass is 32.2. The van der Waals surface area contributed by atoms with Gasteiger partial charge in [0.25, 0.3) is 0 Å². The number of nitrogens with zero attached hydrogens (tertiary/aromatic N) is 5. The molecular weight excluding hydrogens is 448 g/mol. The Balaban J connectivity index is 1.19. The van der Waals surface area contributed by atoms with Crippen LogP contribution in [0.3, 0.4) is 0 Å². The van der Waals surface area contributed by atoms with Crippen molar-refractivity contribution in [2.45, 2.75) is 17.0 Å². The number of hydrogen-bond acceptors (Lipinski definition) is 9. The summed E-state index contributed by atoms with van der Waals surface area (Å²) in [6.45, 7) is 2.66. The van der Waals surface area contributed by atoms with E-state index >= 15 is 0 Å². The number of carbonyl (C=O) groups excluding carboxylic acids is 1. The van der Waals surface area contributed by atoms with Gasteiger partial charge in [0.2, 0.25) is 11.7 Å². The fraction of sp³-hybridized carbons (Fsp3) is 0.389. The Bertz CT molecular complexity index is 1020. The van der Waals surface area contributed by atoms with E-state index in [1.165, 1.54) is 29.2 Å². The van der Waals surface area contributed by atoms with Crippen LogP contribution in [0.5, 0.6) is 0 Å². The molecule has 0 spiro atoms. The van der Waals surface area contributed by atoms with Crippen LogP contribution in [0.1, 0.15) is 5.56 Å². The summed E-state index contributed by atoms with van der Waals surface area (Å²) in [6.07, 6.45) is -0.169. The monoisotopic (exact) mass is 467 g/mol. The number of morpholine rings is 1. The lowest BCUT2D eigenvalue weighted by Crippen LogP contribution is -2.47. The number of H-pyrrole nitrogens is 1. The maximum atomic E-state index is 13.4. The highest BCUT2D eigenvalue weighted by molar-refractivity contribution is 8.01. The van der Waals surface area contributed by atoms with Gasteiger partial charge in [0, 0.05) is 31.6 Å². The van der Waals surface area contributed by atoms with Gasteiger partial charge in [-0.2, -0.15) is 5.21 Å². The first-order chi connectivity index (χ1) is 15.1. The molecule has 0 aliphatic carbocycles. The number of benzene rings is 1. The lowest BCUT2D eigenvalue weighted by molar-refractivity contribution is -0.119. The highest BCUT2D eigenvalue weighted by Gasteiger charge is 2.21. The molecule has 1 amide bonds. The van der Waals surface area contributed by atoms with Crippen molar-refractivity contribution in [3.05, 3.63) is 40.8 Å². The van der Waals surface area contributed by atoms with Crippen LogP contribution >= 0.6 is 23.1 Å². The second kappa shape index (κ2) is 10.2. The second-order valence-corrected chi connectivity index (χ2v) is 8.88. The predicted molar refractivity (Wildman–Crippen MR) is 110 cm³/mol. The van der Waals surface area contributed by atoms with Gasteiger partial charge >= 0.3 is 0 Å². The molecule has 31 heavy (non-hydrogen) atoms. The summed E-state index contributed by atoms with van der Waals surface area (Å²) in [5.41, 5.74) is 1.31. The molecule has 1 unspecified atom stereocenters. The molecule has 13 heteroatoms. The largest absolute Gasteiger partial charge is 0.374 e. The lowest BCUT2D eigenvalue weighted by atomic mass is 10.1. The Hall–Kier alpha value is -2.48. The topological polar surface area (TPSA) is 109 Å². The van der Waals surface area contributed by atoms with Gasteiger partial charge in [-0.05, 0) is 22.9 Å². The van der Waals surface area contributed by atoms with Gasteiger partial charge in [0.15, 0.2) is 16.0 Å². The van der Waals surface area contributed by atoms with Crippen molar-refractivity contribution in [2.75, 3.05) is 32.0 Å². The van der Waals surface area contributed by atoms with E-state index < -0.39 is 11.6 Å². The average Bonchev–Trinajstić information content (AvgIpc) is 3.45. The highest BCUT2D eigenvalue weighted by Crippen LogP contribution is 2.26. The maximum Gasteiger partial charge on any atom is 0.230 e. The maximum absolute atomic E-state index is 13.4. The minimum absolute atomic E-state index is 0.123. The number of carbonyl (C=O) groups is 1. The molecule has 0 saturated carbocycles. The molecule has 1 aliphatic heterocycles. The number of aromatic nitrogens is 5. The standard InChI is InChI=1S/C18H19F2N7O2S2/c19-13-2-1-11(5-14(13)20)7-27-3-4-29-12(8-27)6-21-16(28)10-31-18-22-15(9-30-18)17-23-25-26-24-17/h1-2,5,9,12H,3-4,6-8,10H2,(H,21,28)(H,23,24,25,26). The van der Waals surface area contributed by atoms with Crippen molar-refractivity contribution in [1.29, 1.82) is 0 Å². The Morgan fingerprint density at radius 2 is 2.29 bits per heavy atom. The van der Waals surface area contributed by atoms with E-state index in [2.05, 4.69) is 35.8 Å². The van der Waals surface area contributed by atoms with Crippen molar-refractivity contribution in [1.82, 2.24) is 35.8 Å². The van der Waals surface area contributed by atoms with Crippen molar-refractivity contribution in [3.8, 4) is 11.5 Å². The van der Waals surface area contributed by atoms with Crippen LogP contribution in [0.25, 0.3) is 11.5 Å². The summed E-state index contributed by atoms with van der Waals surface area (Å²) >= 11 is 2.74. The summed E-state index contributed by atoms with van der Waals surface area (Å²) in [5.74, 6) is -1.19. The molecule has 3 heterocycles. The summed E-state index contributed by atoms with van der Waals surface area (Å²) in [7, 11) is 0. The summed E-state index contributed by atoms with van der Waals surface area (Å²) < 4.78 is 32.9. The van der Waals surface area contributed by atoms with Crippen LogP contribution < -0.4 is 5.32 Å². The molecule has 164 valence electrons. The van der Waals surface area contributed by atoms with E-state index in [0.29, 0.717) is 49.9 Å². The number of thioether (sulfide) groups is 1. The summed E-state index contributed by atoms with van der Waals surface area (Å²) in [4.78, 5) is 18.7. The smallest absolute Gasteiger partial charge is 0.230 e. The van der Waals surface area contributed by atoms with Crippen molar-refractivity contribution >= 4 is 29.0 Å². The molecule has 0 bridgehead atoms. The van der Waals surface area contributed by atoms with Crippen LogP contribution in [0.4, 0.5) is 8.78 Å². The number of rotatable bonds is 8. The Kier molecular flexibility index (Phi) is 7.17. The zero-order chi connectivity index (χ0) is 21.6. The van der Waals surface area contributed by atoms with Crippen LogP contribution in [0.15, 0.2) is 27.9 Å². The molecule has 4 rings (SSSR count). The predicted octanol–water partition coefficient (Wildman–Crippen LogP) is 1.71. The van der Waals surface area contributed by atoms with E-state index in [9.17, 15) is 13.6 Å². The van der Waals surface area contributed by atoms with Crippen molar-refractivity contribution < 1.29 is 18.3 Å². The number of aromatic amines is 1. The Labute approximate surface area is 184 Å². The summed E-state index contributed by atoms with van der Waals surface area (Å²) in [5, 5.41) is 18.3. The molecule has 0 radical (unpaired) electrons. The summed E-state index contributed by atoms with van der Waals surface area (Å²) in [6, 6.07) is 3.92. The number of tetrazole rings is 1. The van der Waals surface area contributed by atoms with E-state index in [1.807, 2.05) is 5.38 Å². The zero-order valence-electron chi connectivity index (χ0n) is 16.3. The van der Waals surface area contributed by atoms with Crippen molar-refractivity contribution in [2.24, 2.45) is 0 Å². The van der Waals surface area contributed by atoms with Crippen molar-refractivity contribution in [3.63, 3.8) is 0 Å². The molecule has 3 aromatic rings. The van der Waals surface area contributed by atoms with Gasteiger partial charge in [-0.3, -0.25) is 9.69 Å².